The average molecular weight is 429 g/mol. The third-order valence-electron chi connectivity index (χ3n) is 3.35. The Morgan fingerprint density at radius 1 is 1.05 bits per heavy atom. The first-order chi connectivity index (χ1) is 10.6. The molecule has 0 bridgehead atoms. The molecule has 0 radical (unpaired) electrons. The summed E-state index contributed by atoms with van der Waals surface area (Å²) in [5.74, 6) is 1.23. The Hall–Kier alpha value is -1.74. The molecule has 3 rings (SSSR count). The molecule has 0 unspecified atom stereocenters. The molecule has 22 heavy (non-hydrogen) atoms. The van der Waals surface area contributed by atoms with Gasteiger partial charge in [0.2, 0.25) is 0 Å². The molecule has 0 spiro atoms. The van der Waals surface area contributed by atoms with E-state index in [4.69, 9.17) is 7.80 Å². The van der Waals surface area contributed by atoms with Crippen molar-refractivity contribution in [1.29, 1.82) is 0 Å². The van der Waals surface area contributed by atoms with Crippen LogP contribution >= 0.6 is 23.0 Å². The number of nitrogens with zero attached hydrogens (tertiary/aromatic N) is 1. The topological polar surface area (TPSA) is 57.5 Å². The zero-order valence-electron chi connectivity index (χ0n) is 11.6. The van der Waals surface area contributed by atoms with Gasteiger partial charge < -0.3 is 7.80 Å². The highest BCUT2D eigenvalue weighted by atomic mass is 127. The molecule has 0 saturated heterocycles. The van der Waals surface area contributed by atoms with Crippen molar-refractivity contribution in [2.45, 2.75) is 4.90 Å². The number of fused-ring (bicyclic) bond motifs is 1. The number of aromatic nitrogens is 1. The average Bonchev–Trinajstić information content (AvgIpc) is 2.99. The largest absolute Gasteiger partial charge is 0.496 e. The van der Waals surface area contributed by atoms with Crippen molar-refractivity contribution in [3.05, 3.63) is 54.7 Å². The van der Waals surface area contributed by atoms with Crippen LogP contribution in [0.5, 0.6) is 11.5 Å². The monoisotopic (exact) mass is 429 g/mol. The van der Waals surface area contributed by atoms with Gasteiger partial charge in [0.1, 0.15) is 11.5 Å². The highest BCUT2D eigenvalue weighted by molar-refractivity contribution is 14.1. The van der Waals surface area contributed by atoms with Crippen LogP contribution in [0, 0.1) is 0 Å². The molecule has 0 atom stereocenters. The highest BCUT2D eigenvalue weighted by Crippen LogP contribution is 2.29. The van der Waals surface area contributed by atoms with E-state index in [0.29, 0.717) is 17.0 Å². The van der Waals surface area contributed by atoms with E-state index in [1.165, 1.54) is 22.3 Å². The fourth-order valence-electron chi connectivity index (χ4n) is 2.28. The molecule has 0 aliphatic rings. The van der Waals surface area contributed by atoms with Gasteiger partial charge in [-0.25, -0.2) is 12.4 Å². The number of benzene rings is 2. The molecule has 0 amide bonds. The van der Waals surface area contributed by atoms with Crippen molar-refractivity contribution in [2.75, 3.05) is 7.11 Å². The van der Waals surface area contributed by atoms with Crippen molar-refractivity contribution in [1.82, 2.24) is 3.97 Å². The van der Waals surface area contributed by atoms with Gasteiger partial charge >= 0.3 is 0 Å². The van der Waals surface area contributed by atoms with Crippen LogP contribution in [0.25, 0.3) is 10.9 Å². The van der Waals surface area contributed by atoms with Gasteiger partial charge in [-0.15, -0.1) is 0 Å². The van der Waals surface area contributed by atoms with Crippen LogP contribution in [-0.4, -0.2) is 19.5 Å². The minimum atomic E-state index is -3.67. The molecule has 5 nitrogen and oxygen atoms in total. The molecule has 114 valence electrons. The summed E-state index contributed by atoms with van der Waals surface area (Å²) in [5, 5.41) is 0.751. The first kappa shape index (κ1) is 15.2. The van der Waals surface area contributed by atoms with E-state index < -0.39 is 10.0 Å². The standard InChI is InChI=1S/C15H12INO4S/c1-20-15-4-2-3-14-13(15)9-10-17(14)22(18,19)12-7-5-11(21-16)6-8-12/h2-10H,1H3. The Kier molecular flexibility index (Phi) is 4.00. The fraction of sp³-hybridized carbons (Fsp3) is 0.0667. The molecule has 0 fully saturated rings. The van der Waals surface area contributed by atoms with Crippen LogP contribution in [0.3, 0.4) is 0 Å². The third-order valence-corrected chi connectivity index (χ3v) is 5.56. The van der Waals surface area contributed by atoms with Crippen LogP contribution in [0.2, 0.25) is 0 Å². The zero-order chi connectivity index (χ0) is 15.7. The van der Waals surface area contributed by atoms with Crippen molar-refractivity contribution < 1.29 is 16.2 Å². The summed E-state index contributed by atoms with van der Waals surface area (Å²) < 4.78 is 37.1. The van der Waals surface area contributed by atoms with Gasteiger partial charge in [0.05, 0.1) is 17.5 Å². The second kappa shape index (κ2) is 5.81. The van der Waals surface area contributed by atoms with E-state index in [0.717, 1.165) is 5.39 Å². The van der Waals surface area contributed by atoms with Gasteiger partial charge in [-0.1, -0.05) is 6.07 Å². The maximum absolute atomic E-state index is 12.8. The van der Waals surface area contributed by atoms with Crippen LogP contribution in [-0.2, 0) is 10.0 Å². The van der Waals surface area contributed by atoms with E-state index in [2.05, 4.69) is 0 Å². The second-order valence-corrected chi connectivity index (χ2v) is 6.81. The Balaban J connectivity index is 2.16. The van der Waals surface area contributed by atoms with Gasteiger partial charge in [0, 0.05) is 11.6 Å². The van der Waals surface area contributed by atoms with Gasteiger partial charge in [-0.2, -0.15) is 0 Å². The number of hydrogen-bond acceptors (Lipinski definition) is 4. The molecule has 1 aromatic heterocycles. The fourth-order valence-corrected chi connectivity index (χ4v) is 3.92. The van der Waals surface area contributed by atoms with Crippen molar-refractivity contribution in [3.8, 4) is 11.5 Å². The minimum absolute atomic E-state index is 0.199. The van der Waals surface area contributed by atoms with Crippen molar-refractivity contribution in [3.63, 3.8) is 0 Å². The lowest BCUT2D eigenvalue weighted by molar-refractivity contribution is 0.420. The van der Waals surface area contributed by atoms with Gasteiger partial charge in [-0.3, -0.25) is 0 Å². The molecule has 0 saturated carbocycles. The van der Waals surface area contributed by atoms with E-state index >= 15 is 0 Å². The molecular formula is C15H12INO4S. The van der Waals surface area contributed by atoms with Crippen LogP contribution in [0.4, 0.5) is 0 Å². The highest BCUT2D eigenvalue weighted by Gasteiger charge is 2.19. The molecule has 0 aliphatic heterocycles. The van der Waals surface area contributed by atoms with Gasteiger partial charge in [-0.05, 0) is 42.5 Å². The second-order valence-electron chi connectivity index (χ2n) is 4.56. The number of methoxy groups -OCH3 is 1. The van der Waals surface area contributed by atoms with Crippen LogP contribution in [0.15, 0.2) is 59.6 Å². The van der Waals surface area contributed by atoms with E-state index in [1.54, 1.807) is 66.5 Å². The smallest absolute Gasteiger partial charge is 0.268 e. The summed E-state index contributed by atoms with van der Waals surface area (Å²) in [6.45, 7) is 0. The minimum Gasteiger partial charge on any atom is -0.496 e. The summed E-state index contributed by atoms with van der Waals surface area (Å²) in [5.41, 5.74) is 0.577. The molecule has 2 aromatic carbocycles. The molecule has 0 aliphatic carbocycles. The predicted molar refractivity (Wildman–Crippen MR) is 92.2 cm³/mol. The molecule has 3 aromatic rings. The molecule has 0 N–H and O–H groups in total. The number of ether oxygens (including phenoxy) is 1. The van der Waals surface area contributed by atoms with Gasteiger partial charge in [0.15, 0.2) is 23.0 Å². The maximum Gasteiger partial charge on any atom is 0.268 e. The summed E-state index contributed by atoms with van der Waals surface area (Å²) in [6, 6.07) is 13.3. The van der Waals surface area contributed by atoms with Crippen LogP contribution < -0.4 is 7.80 Å². The molecule has 7 heteroatoms. The summed E-state index contributed by atoms with van der Waals surface area (Å²) >= 11 is 1.75. The van der Waals surface area contributed by atoms with Gasteiger partial charge in [0.25, 0.3) is 10.0 Å². The van der Waals surface area contributed by atoms with E-state index in [9.17, 15) is 8.42 Å². The normalized spacial score (nSPS) is 11.5. The third kappa shape index (κ3) is 2.44. The Bertz CT molecular complexity index is 916. The summed E-state index contributed by atoms with van der Waals surface area (Å²) in [6.07, 6.45) is 1.53. The lowest BCUT2D eigenvalue weighted by Gasteiger charge is -2.09. The van der Waals surface area contributed by atoms with Crippen molar-refractivity contribution >= 4 is 43.9 Å². The lowest BCUT2D eigenvalue weighted by atomic mass is 10.2. The van der Waals surface area contributed by atoms with E-state index in [-0.39, 0.29) is 4.90 Å². The maximum atomic E-state index is 12.8. The number of hydrogen-bond donors (Lipinski definition) is 0. The Labute approximate surface area is 142 Å². The molecule has 1 heterocycles. The first-order valence-electron chi connectivity index (χ1n) is 6.36. The van der Waals surface area contributed by atoms with Crippen LogP contribution in [0.1, 0.15) is 0 Å². The predicted octanol–water partition coefficient (Wildman–Crippen LogP) is 3.62. The molecular weight excluding hydrogens is 417 g/mol. The number of halogens is 1. The SMILES string of the molecule is COc1cccc2c1ccn2S(=O)(=O)c1ccc(OI)cc1. The Morgan fingerprint density at radius 3 is 2.41 bits per heavy atom. The summed E-state index contributed by atoms with van der Waals surface area (Å²) in [7, 11) is -2.11. The van der Waals surface area contributed by atoms with Crippen molar-refractivity contribution in [2.24, 2.45) is 0 Å². The van der Waals surface area contributed by atoms with E-state index in [1.807, 2.05) is 0 Å². The number of rotatable bonds is 4. The Morgan fingerprint density at radius 2 is 1.77 bits per heavy atom. The first-order valence-corrected chi connectivity index (χ1v) is 8.68. The lowest BCUT2D eigenvalue weighted by Crippen LogP contribution is -2.11. The quantitative estimate of drug-likeness (QED) is 0.595. The zero-order valence-corrected chi connectivity index (χ0v) is 14.5. The summed E-state index contributed by atoms with van der Waals surface area (Å²) in [4.78, 5) is 0.199.